The molecule has 1 aliphatic rings. The third-order valence-electron chi connectivity index (χ3n) is 3.64. The van der Waals surface area contributed by atoms with Gasteiger partial charge in [-0.05, 0) is 43.4 Å². The molecule has 0 amide bonds. The number of methoxy groups -OCH3 is 1. The Morgan fingerprint density at radius 3 is 2.94 bits per heavy atom. The van der Waals surface area contributed by atoms with Gasteiger partial charge in [-0.1, -0.05) is 11.6 Å². The summed E-state index contributed by atoms with van der Waals surface area (Å²) in [6.07, 6.45) is 4.50. The molecule has 1 aliphatic carbocycles. The second-order valence-electron chi connectivity index (χ2n) is 5.03. The first-order valence-corrected chi connectivity index (χ1v) is 6.92. The summed E-state index contributed by atoms with van der Waals surface area (Å²) in [6.45, 7) is 4.98. The number of hydrogen-bond donors (Lipinski definition) is 0. The van der Waals surface area contributed by atoms with Crippen molar-refractivity contribution in [3.05, 3.63) is 29.0 Å². The second kappa shape index (κ2) is 6.50. The molecule has 1 fully saturated rings. The monoisotopic (exact) mass is 268 g/mol. The minimum Gasteiger partial charge on any atom is -0.383 e. The normalized spacial score (nSPS) is 17.1. The minimum atomic E-state index is 0.568. The largest absolute Gasteiger partial charge is 0.383 e. The van der Waals surface area contributed by atoms with Gasteiger partial charge in [0, 0.05) is 32.4 Å². The molecule has 0 aliphatic heterocycles. The predicted octanol–water partition coefficient (Wildman–Crippen LogP) is 2.98. The first-order chi connectivity index (χ1) is 8.70. The molecule has 2 rings (SSSR count). The maximum atomic E-state index is 5.93. The van der Waals surface area contributed by atoms with E-state index >= 15 is 0 Å². The molecular weight excluding hydrogens is 248 g/mol. The number of nitrogens with zero attached hydrogens (tertiary/aromatic N) is 2. The SMILES string of the molecule is COCCN(Cc1ccnc(Cl)c1)C(C)C1CC1. The van der Waals surface area contributed by atoms with Crippen molar-refractivity contribution in [2.75, 3.05) is 20.3 Å². The lowest BCUT2D eigenvalue weighted by atomic mass is 10.1. The van der Waals surface area contributed by atoms with Crippen LogP contribution in [-0.2, 0) is 11.3 Å². The van der Waals surface area contributed by atoms with E-state index in [2.05, 4.69) is 16.8 Å². The minimum absolute atomic E-state index is 0.568. The second-order valence-corrected chi connectivity index (χ2v) is 5.42. The first kappa shape index (κ1) is 13.8. The van der Waals surface area contributed by atoms with Crippen LogP contribution in [0.2, 0.25) is 5.15 Å². The fourth-order valence-electron chi connectivity index (χ4n) is 2.29. The number of aromatic nitrogens is 1. The van der Waals surface area contributed by atoms with E-state index in [4.69, 9.17) is 16.3 Å². The van der Waals surface area contributed by atoms with Crippen molar-refractivity contribution in [1.29, 1.82) is 0 Å². The molecule has 18 heavy (non-hydrogen) atoms. The van der Waals surface area contributed by atoms with Gasteiger partial charge >= 0.3 is 0 Å². The molecule has 1 unspecified atom stereocenters. The van der Waals surface area contributed by atoms with Gasteiger partial charge in [0.2, 0.25) is 0 Å². The van der Waals surface area contributed by atoms with Crippen molar-refractivity contribution in [1.82, 2.24) is 9.88 Å². The van der Waals surface area contributed by atoms with Gasteiger partial charge in [-0.3, -0.25) is 4.90 Å². The Hall–Kier alpha value is -0.640. The summed E-state index contributed by atoms with van der Waals surface area (Å²) in [5.74, 6) is 0.860. The van der Waals surface area contributed by atoms with Gasteiger partial charge < -0.3 is 4.74 Å². The van der Waals surface area contributed by atoms with E-state index in [0.717, 1.165) is 25.6 Å². The highest BCUT2D eigenvalue weighted by molar-refractivity contribution is 6.29. The summed E-state index contributed by atoms with van der Waals surface area (Å²) in [6, 6.07) is 4.60. The van der Waals surface area contributed by atoms with Crippen LogP contribution >= 0.6 is 11.6 Å². The van der Waals surface area contributed by atoms with Gasteiger partial charge in [-0.2, -0.15) is 0 Å². The van der Waals surface area contributed by atoms with E-state index in [9.17, 15) is 0 Å². The number of rotatable bonds is 7. The van der Waals surface area contributed by atoms with E-state index in [0.29, 0.717) is 11.2 Å². The molecule has 1 atom stereocenters. The molecule has 100 valence electrons. The van der Waals surface area contributed by atoms with Crippen LogP contribution in [0, 0.1) is 5.92 Å². The van der Waals surface area contributed by atoms with Crippen LogP contribution in [0.4, 0.5) is 0 Å². The van der Waals surface area contributed by atoms with Gasteiger partial charge in [-0.25, -0.2) is 4.98 Å². The van der Waals surface area contributed by atoms with Gasteiger partial charge in [0.05, 0.1) is 6.61 Å². The van der Waals surface area contributed by atoms with Crippen molar-refractivity contribution in [3.8, 4) is 0 Å². The highest BCUT2D eigenvalue weighted by Crippen LogP contribution is 2.35. The van der Waals surface area contributed by atoms with E-state index in [1.807, 2.05) is 12.1 Å². The molecule has 1 heterocycles. The van der Waals surface area contributed by atoms with Crippen LogP contribution in [0.25, 0.3) is 0 Å². The summed E-state index contributed by atoms with van der Waals surface area (Å²) < 4.78 is 5.20. The first-order valence-electron chi connectivity index (χ1n) is 6.54. The number of halogens is 1. The summed E-state index contributed by atoms with van der Waals surface area (Å²) in [5, 5.41) is 0.568. The van der Waals surface area contributed by atoms with Gasteiger partial charge in [-0.15, -0.1) is 0 Å². The summed E-state index contributed by atoms with van der Waals surface area (Å²) in [5.41, 5.74) is 1.22. The molecule has 1 aromatic heterocycles. The lowest BCUT2D eigenvalue weighted by Crippen LogP contribution is -2.36. The molecule has 1 saturated carbocycles. The maximum absolute atomic E-state index is 5.93. The number of pyridine rings is 1. The summed E-state index contributed by atoms with van der Waals surface area (Å²) in [7, 11) is 1.75. The van der Waals surface area contributed by atoms with Crippen molar-refractivity contribution in [2.24, 2.45) is 5.92 Å². The van der Waals surface area contributed by atoms with E-state index in [-0.39, 0.29) is 0 Å². The third kappa shape index (κ3) is 3.94. The Bertz CT molecular complexity index is 382. The van der Waals surface area contributed by atoms with Crippen LogP contribution in [0.15, 0.2) is 18.3 Å². The van der Waals surface area contributed by atoms with Crippen molar-refractivity contribution in [2.45, 2.75) is 32.4 Å². The lowest BCUT2D eigenvalue weighted by Gasteiger charge is -2.29. The molecule has 1 aromatic rings. The van der Waals surface area contributed by atoms with Crippen LogP contribution in [0.3, 0.4) is 0 Å². The van der Waals surface area contributed by atoms with Crippen molar-refractivity contribution in [3.63, 3.8) is 0 Å². The maximum Gasteiger partial charge on any atom is 0.129 e. The lowest BCUT2D eigenvalue weighted by molar-refractivity contribution is 0.111. The number of hydrogen-bond acceptors (Lipinski definition) is 3. The molecule has 4 heteroatoms. The zero-order valence-corrected chi connectivity index (χ0v) is 11.9. The molecule has 0 N–H and O–H groups in total. The van der Waals surface area contributed by atoms with Gasteiger partial charge in [0.15, 0.2) is 0 Å². The van der Waals surface area contributed by atoms with Crippen LogP contribution in [0.1, 0.15) is 25.3 Å². The summed E-state index contributed by atoms with van der Waals surface area (Å²) >= 11 is 5.93. The Labute approximate surface area is 114 Å². The molecule has 0 bridgehead atoms. The van der Waals surface area contributed by atoms with E-state index in [1.165, 1.54) is 18.4 Å². The van der Waals surface area contributed by atoms with Crippen molar-refractivity contribution < 1.29 is 4.74 Å². The fourth-order valence-corrected chi connectivity index (χ4v) is 2.48. The average molecular weight is 269 g/mol. The van der Waals surface area contributed by atoms with Crippen LogP contribution in [-0.4, -0.2) is 36.2 Å². The average Bonchev–Trinajstić information content (AvgIpc) is 3.18. The topological polar surface area (TPSA) is 25.4 Å². The number of ether oxygens (including phenoxy) is 1. The molecule has 0 spiro atoms. The molecular formula is C14H21ClN2O. The molecule has 0 aromatic carbocycles. The van der Waals surface area contributed by atoms with Gasteiger partial charge in [0.25, 0.3) is 0 Å². The Kier molecular flexibility index (Phi) is 4.98. The Morgan fingerprint density at radius 1 is 1.56 bits per heavy atom. The van der Waals surface area contributed by atoms with Gasteiger partial charge in [0.1, 0.15) is 5.15 Å². The van der Waals surface area contributed by atoms with E-state index in [1.54, 1.807) is 13.3 Å². The Morgan fingerprint density at radius 2 is 2.33 bits per heavy atom. The van der Waals surface area contributed by atoms with Crippen LogP contribution in [0.5, 0.6) is 0 Å². The third-order valence-corrected chi connectivity index (χ3v) is 3.85. The van der Waals surface area contributed by atoms with Crippen molar-refractivity contribution >= 4 is 11.6 Å². The highest BCUT2D eigenvalue weighted by atomic mass is 35.5. The summed E-state index contributed by atoms with van der Waals surface area (Å²) in [4.78, 5) is 6.50. The molecule has 0 saturated heterocycles. The smallest absolute Gasteiger partial charge is 0.129 e. The quantitative estimate of drug-likeness (QED) is 0.711. The highest BCUT2D eigenvalue weighted by Gasteiger charge is 2.31. The Balaban J connectivity index is 1.99. The zero-order chi connectivity index (χ0) is 13.0. The molecule has 3 nitrogen and oxygen atoms in total. The van der Waals surface area contributed by atoms with E-state index < -0.39 is 0 Å². The predicted molar refractivity (Wildman–Crippen MR) is 73.7 cm³/mol. The molecule has 0 radical (unpaired) electrons. The standard InChI is InChI=1S/C14H21ClN2O/c1-11(13-3-4-13)17(7-8-18-2)10-12-5-6-16-14(15)9-12/h5-6,9,11,13H,3-4,7-8,10H2,1-2H3. The fraction of sp³-hybridized carbons (Fsp3) is 0.643. The van der Waals surface area contributed by atoms with Crippen LogP contribution < -0.4 is 0 Å². The zero-order valence-electron chi connectivity index (χ0n) is 11.1.